The second kappa shape index (κ2) is 10.8. The second-order valence-corrected chi connectivity index (χ2v) is 10.7. The summed E-state index contributed by atoms with van der Waals surface area (Å²) in [5.41, 5.74) is 6.30. The third-order valence-electron chi connectivity index (χ3n) is 8.00. The fourth-order valence-corrected chi connectivity index (χ4v) is 6.22. The molecule has 1 aromatic heterocycles. The molecule has 39 heavy (non-hydrogen) atoms. The zero-order valence-corrected chi connectivity index (χ0v) is 22.5. The Morgan fingerprint density at radius 3 is 2.87 bits per heavy atom. The largest absolute Gasteiger partial charge is 0.468 e. The van der Waals surface area contributed by atoms with Crippen LogP contribution in [0.5, 0.6) is 0 Å². The number of morpholine rings is 1. The molecule has 2 aromatic carbocycles. The van der Waals surface area contributed by atoms with Gasteiger partial charge in [-0.3, -0.25) is 14.7 Å². The van der Waals surface area contributed by atoms with Gasteiger partial charge in [-0.15, -0.1) is 0 Å². The van der Waals surface area contributed by atoms with Crippen LogP contribution < -0.4 is 15.1 Å². The van der Waals surface area contributed by atoms with E-state index < -0.39 is 0 Å². The quantitative estimate of drug-likeness (QED) is 0.504. The Hall–Kier alpha value is -3.71. The van der Waals surface area contributed by atoms with Crippen molar-refractivity contribution in [2.24, 2.45) is 0 Å². The van der Waals surface area contributed by atoms with Gasteiger partial charge in [-0.1, -0.05) is 6.07 Å². The van der Waals surface area contributed by atoms with E-state index in [1.165, 1.54) is 18.2 Å². The summed E-state index contributed by atoms with van der Waals surface area (Å²) in [4.78, 5) is 23.6. The van der Waals surface area contributed by atoms with Crippen LogP contribution in [0, 0.1) is 11.3 Å². The van der Waals surface area contributed by atoms with Crippen LogP contribution >= 0.6 is 0 Å². The number of nitrogens with zero attached hydrogens (tertiary/aromatic N) is 5. The number of nitriles is 1. The van der Waals surface area contributed by atoms with Gasteiger partial charge >= 0.3 is 5.97 Å². The molecule has 3 atom stereocenters. The normalized spacial score (nSPS) is 23.5. The Morgan fingerprint density at radius 2 is 2.03 bits per heavy atom. The summed E-state index contributed by atoms with van der Waals surface area (Å²) < 4.78 is 11.4. The van der Waals surface area contributed by atoms with Gasteiger partial charge < -0.3 is 24.6 Å². The van der Waals surface area contributed by atoms with Crippen LogP contribution in [-0.4, -0.2) is 80.5 Å². The highest BCUT2D eigenvalue weighted by atomic mass is 16.5. The molecule has 3 aliphatic rings. The molecule has 6 rings (SSSR count). The number of fused-ring (bicyclic) bond motifs is 2. The number of pyridine rings is 1. The Kier molecular flexibility index (Phi) is 7.09. The summed E-state index contributed by atoms with van der Waals surface area (Å²) in [6.45, 7) is 8.56. The minimum atomic E-state index is -0.300. The first-order chi connectivity index (χ1) is 19.0. The summed E-state index contributed by atoms with van der Waals surface area (Å²) in [7, 11) is 1.44. The number of anilines is 2. The number of aromatic nitrogens is 1. The van der Waals surface area contributed by atoms with Gasteiger partial charge in [-0.2, -0.15) is 5.26 Å². The molecule has 9 heteroatoms. The highest BCUT2D eigenvalue weighted by Crippen LogP contribution is 2.32. The lowest BCUT2D eigenvalue weighted by atomic mass is 10.1. The molecule has 1 unspecified atom stereocenters. The molecular weight excluding hydrogens is 492 g/mol. The lowest BCUT2D eigenvalue weighted by Crippen LogP contribution is -2.54. The van der Waals surface area contributed by atoms with Gasteiger partial charge in [0.05, 0.1) is 30.4 Å². The van der Waals surface area contributed by atoms with E-state index in [1.54, 1.807) is 6.20 Å². The van der Waals surface area contributed by atoms with Crippen LogP contribution in [0.15, 0.2) is 48.7 Å². The van der Waals surface area contributed by atoms with Crippen molar-refractivity contribution in [2.75, 3.05) is 56.2 Å². The monoisotopic (exact) mass is 526 g/mol. The molecule has 0 amide bonds. The molecule has 0 radical (unpaired) electrons. The third-order valence-corrected chi connectivity index (χ3v) is 8.00. The number of esters is 1. The molecular formula is C30H34N6O3. The van der Waals surface area contributed by atoms with Gasteiger partial charge in [0.2, 0.25) is 0 Å². The molecule has 0 spiro atoms. The maximum absolute atomic E-state index is 12.0. The van der Waals surface area contributed by atoms with E-state index in [2.05, 4.69) is 56.2 Å². The molecule has 0 aliphatic carbocycles. The molecule has 0 bridgehead atoms. The van der Waals surface area contributed by atoms with E-state index in [0.717, 1.165) is 68.1 Å². The highest BCUT2D eigenvalue weighted by molar-refractivity contribution is 5.95. The fourth-order valence-electron chi connectivity index (χ4n) is 6.22. The van der Waals surface area contributed by atoms with Gasteiger partial charge in [0.25, 0.3) is 0 Å². The molecule has 3 aromatic rings. The van der Waals surface area contributed by atoms with Gasteiger partial charge in [0, 0.05) is 75.3 Å². The Morgan fingerprint density at radius 1 is 1.15 bits per heavy atom. The van der Waals surface area contributed by atoms with Crippen molar-refractivity contribution in [2.45, 2.75) is 38.3 Å². The van der Waals surface area contributed by atoms with E-state index >= 15 is 0 Å². The van der Waals surface area contributed by atoms with Crippen LogP contribution in [0.4, 0.5) is 11.4 Å². The number of nitrogens with one attached hydrogen (secondary N) is 1. The van der Waals surface area contributed by atoms with Gasteiger partial charge in [-0.25, -0.2) is 0 Å². The first-order valence-electron chi connectivity index (χ1n) is 13.6. The smallest absolute Gasteiger partial charge is 0.324 e. The summed E-state index contributed by atoms with van der Waals surface area (Å²) in [6, 6.07) is 16.6. The number of rotatable bonds is 5. The van der Waals surface area contributed by atoms with E-state index in [4.69, 9.17) is 9.47 Å². The SMILES string of the molecule is COC(=O)C1CN(c2ccc3c(c2)CN(C[C@H]2CN(c4ccc(C#N)c5ncccc45)C[C@@H](C)O2)C3)CCN1. The van der Waals surface area contributed by atoms with Crippen molar-refractivity contribution in [1.29, 1.82) is 5.26 Å². The van der Waals surface area contributed by atoms with Crippen LogP contribution in [-0.2, 0) is 27.4 Å². The number of methoxy groups -OCH3 is 1. The van der Waals surface area contributed by atoms with Gasteiger partial charge in [-0.05, 0) is 54.4 Å². The Balaban J connectivity index is 1.14. The maximum atomic E-state index is 12.0. The summed E-state index contributed by atoms with van der Waals surface area (Å²) in [5.74, 6) is -0.215. The minimum absolute atomic E-state index is 0.0684. The predicted octanol–water partition coefficient (Wildman–Crippen LogP) is 2.67. The number of ether oxygens (including phenoxy) is 2. The predicted molar refractivity (Wildman–Crippen MR) is 150 cm³/mol. The number of hydrogen-bond acceptors (Lipinski definition) is 9. The van der Waals surface area contributed by atoms with Crippen molar-refractivity contribution in [3.8, 4) is 6.07 Å². The average Bonchev–Trinajstić information content (AvgIpc) is 3.37. The Bertz CT molecular complexity index is 1420. The number of carbonyl (C=O) groups excluding carboxylic acids is 1. The van der Waals surface area contributed by atoms with Gasteiger partial charge in [0.15, 0.2) is 0 Å². The molecule has 2 fully saturated rings. The molecule has 1 N–H and O–H groups in total. The molecule has 3 aliphatic heterocycles. The standard InChI is InChI=1S/C30H34N6O3/c1-20-14-36(28-8-6-21(13-31)29-26(28)4-3-9-33-29)18-25(39-20)17-34-15-22-5-7-24(12-23(22)16-34)35-11-10-32-27(19-35)30(37)38-2/h3-9,12,20,25,27,32H,10-11,14-19H2,1-2H3/t20-,25+,27?/m1/s1. The van der Waals surface area contributed by atoms with Gasteiger partial charge in [0.1, 0.15) is 12.1 Å². The lowest BCUT2D eigenvalue weighted by Gasteiger charge is -2.40. The molecule has 202 valence electrons. The number of piperazine rings is 1. The first-order valence-corrected chi connectivity index (χ1v) is 13.6. The summed E-state index contributed by atoms with van der Waals surface area (Å²) in [5, 5.41) is 13.8. The maximum Gasteiger partial charge on any atom is 0.324 e. The van der Waals surface area contributed by atoms with Crippen LogP contribution in [0.1, 0.15) is 23.6 Å². The van der Waals surface area contributed by atoms with Crippen molar-refractivity contribution in [1.82, 2.24) is 15.2 Å². The van der Waals surface area contributed by atoms with E-state index in [9.17, 15) is 10.1 Å². The lowest BCUT2D eigenvalue weighted by molar-refractivity contribution is -0.143. The zero-order valence-electron chi connectivity index (χ0n) is 22.5. The number of carbonyl (C=O) groups is 1. The van der Waals surface area contributed by atoms with Crippen molar-refractivity contribution >= 4 is 28.2 Å². The summed E-state index contributed by atoms with van der Waals surface area (Å²) in [6.07, 6.45) is 1.91. The second-order valence-electron chi connectivity index (χ2n) is 10.7. The van der Waals surface area contributed by atoms with E-state index in [0.29, 0.717) is 12.1 Å². The third kappa shape index (κ3) is 5.15. The van der Waals surface area contributed by atoms with E-state index in [1.807, 2.05) is 24.3 Å². The highest BCUT2D eigenvalue weighted by Gasteiger charge is 2.31. The Labute approximate surface area is 228 Å². The first kappa shape index (κ1) is 25.6. The van der Waals surface area contributed by atoms with Crippen molar-refractivity contribution < 1.29 is 14.3 Å². The van der Waals surface area contributed by atoms with Crippen molar-refractivity contribution in [3.05, 3.63) is 65.4 Å². The molecule has 9 nitrogen and oxygen atoms in total. The minimum Gasteiger partial charge on any atom is -0.468 e. The van der Waals surface area contributed by atoms with E-state index in [-0.39, 0.29) is 24.2 Å². The van der Waals surface area contributed by atoms with Crippen LogP contribution in [0.25, 0.3) is 10.9 Å². The number of hydrogen-bond donors (Lipinski definition) is 1. The van der Waals surface area contributed by atoms with Crippen LogP contribution in [0.3, 0.4) is 0 Å². The molecule has 2 saturated heterocycles. The molecule has 0 saturated carbocycles. The molecule has 4 heterocycles. The fraction of sp³-hybridized carbons (Fsp3) is 0.433. The number of benzene rings is 2. The van der Waals surface area contributed by atoms with Crippen LogP contribution in [0.2, 0.25) is 0 Å². The average molecular weight is 527 g/mol. The summed E-state index contributed by atoms with van der Waals surface area (Å²) >= 11 is 0. The topological polar surface area (TPSA) is 94.0 Å². The zero-order chi connectivity index (χ0) is 26.9. The van der Waals surface area contributed by atoms with Crippen molar-refractivity contribution in [3.63, 3.8) is 0 Å².